The van der Waals surface area contributed by atoms with Gasteiger partial charge in [0.25, 0.3) is 0 Å². The predicted octanol–water partition coefficient (Wildman–Crippen LogP) is 17.4. The van der Waals surface area contributed by atoms with E-state index in [1.807, 2.05) is 0 Å². The molecule has 0 aliphatic carbocycles. The molecule has 16 aromatic rings. The van der Waals surface area contributed by atoms with Crippen LogP contribution in [0.2, 0.25) is 0 Å². The highest BCUT2D eigenvalue weighted by Gasteiger charge is 2.42. The Balaban J connectivity index is 0.949. The molecule has 13 aromatic carbocycles. The molecule has 16 rings (SSSR count). The van der Waals surface area contributed by atoms with Crippen LogP contribution in [0.15, 0.2) is 322 Å². The van der Waals surface area contributed by atoms with Crippen LogP contribution >= 0.6 is 0 Å². The summed E-state index contributed by atoms with van der Waals surface area (Å²) in [6.07, 6.45) is 0. The Morgan fingerprint density at radius 1 is 0.195 bits per heavy atom. The van der Waals surface area contributed by atoms with Crippen LogP contribution in [0, 0.1) is 0 Å². The average Bonchev–Trinajstić information content (AvgIpc) is 4.18. The van der Waals surface area contributed by atoms with Crippen LogP contribution in [0.1, 0.15) is 0 Å². The molecule has 4 heteroatoms. The number of fused-ring (bicyclic) bond motifs is 9. The van der Waals surface area contributed by atoms with Crippen molar-refractivity contribution in [2.24, 2.45) is 0 Å². The molecule has 0 aliphatic rings. The van der Waals surface area contributed by atoms with Gasteiger partial charge in [-0.05, 0) is 121 Å². The Morgan fingerprint density at radius 2 is 0.537 bits per heavy atom. The Labute approximate surface area is 477 Å². The van der Waals surface area contributed by atoms with Crippen molar-refractivity contribution in [2.75, 3.05) is 0 Å². The monoisotopic (exact) mass is 1060 g/mol. The standard InChI is InChI=1S/C78H53N3Si/c1-5-24-54(25-6-1)57-48-58(55-26-7-2-8-27-55)52-65(51-57)82(62-28-9-3-10-29-62,63-30-11-4-12-31-63)64-46-44-56(45-47-64)59-49-60(79-71-37-18-13-32-66(71)67-33-14-19-38-72(67)79)53-61(50-59)80-75-41-22-17-36-70(75)78-76(80)42-23-43-77(78)81-73-39-20-15-34-68(73)69-35-16-21-40-74(69)81/h1-53H. The third-order valence-corrected chi connectivity index (χ3v) is 21.9. The van der Waals surface area contributed by atoms with Crippen molar-refractivity contribution in [1.29, 1.82) is 0 Å². The van der Waals surface area contributed by atoms with E-state index in [1.165, 1.54) is 97.4 Å². The first-order valence-electron chi connectivity index (χ1n) is 28.3. The molecule has 0 unspecified atom stereocenters. The van der Waals surface area contributed by atoms with Gasteiger partial charge in [-0.2, -0.15) is 0 Å². The first kappa shape index (κ1) is 47.5. The topological polar surface area (TPSA) is 14.8 Å². The molecule has 0 N–H and O–H groups in total. The summed E-state index contributed by atoms with van der Waals surface area (Å²) < 4.78 is 7.44. The summed E-state index contributed by atoms with van der Waals surface area (Å²) in [5.74, 6) is 0. The van der Waals surface area contributed by atoms with Gasteiger partial charge >= 0.3 is 0 Å². The minimum atomic E-state index is -3.06. The zero-order valence-electron chi connectivity index (χ0n) is 44.9. The second-order valence-corrected chi connectivity index (χ2v) is 25.4. The summed E-state index contributed by atoms with van der Waals surface area (Å²) in [5, 5.41) is 12.7. The third-order valence-electron chi connectivity index (χ3n) is 17.1. The number of hydrogen-bond donors (Lipinski definition) is 0. The first-order chi connectivity index (χ1) is 40.7. The number of rotatable bonds is 10. The quantitative estimate of drug-likeness (QED) is 0.0958. The number of para-hydroxylation sites is 5. The van der Waals surface area contributed by atoms with Crippen LogP contribution in [-0.4, -0.2) is 21.8 Å². The van der Waals surface area contributed by atoms with Crippen LogP contribution in [0.4, 0.5) is 0 Å². The Bertz CT molecular complexity index is 4870. The fourth-order valence-electron chi connectivity index (χ4n) is 13.6. The van der Waals surface area contributed by atoms with Gasteiger partial charge in [0.1, 0.15) is 0 Å². The molecular formula is C78H53N3Si. The lowest BCUT2D eigenvalue weighted by molar-refractivity contribution is 1.13. The van der Waals surface area contributed by atoms with E-state index >= 15 is 0 Å². The highest BCUT2D eigenvalue weighted by Crippen LogP contribution is 2.42. The highest BCUT2D eigenvalue weighted by molar-refractivity contribution is 7.20. The number of nitrogens with zero attached hydrogens (tertiary/aromatic N) is 3. The molecule has 0 saturated heterocycles. The van der Waals surface area contributed by atoms with Crippen molar-refractivity contribution in [1.82, 2.24) is 13.7 Å². The molecule has 0 spiro atoms. The van der Waals surface area contributed by atoms with Crippen molar-refractivity contribution in [3.63, 3.8) is 0 Å². The van der Waals surface area contributed by atoms with Gasteiger partial charge in [0.05, 0.1) is 38.8 Å². The highest BCUT2D eigenvalue weighted by atomic mass is 28.3. The molecule has 0 atom stereocenters. The van der Waals surface area contributed by atoms with Gasteiger partial charge in [-0.1, -0.05) is 255 Å². The van der Waals surface area contributed by atoms with Crippen LogP contribution in [0.3, 0.4) is 0 Å². The van der Waals surface area contributed by atoms with Crippen molar-refractivity contribution in [3.05, 3.63) is 322 Å². The summed E-state index contributed by atoms with van der Waals surface area (Å²) >= 11 is 0. The molecule has 0 radical (unpaired) electrons. The predicted molar refractivity (Wildman–Crippen MR) is 349 cm³/mol. The summed E-state index contributed by atoms with van der Waals surface area (Å²) in [4.78, 5) is 0. The summed E-state index contributed by atoms with van der Waals surface area (Å²) in [7, 11) is -3.06. The molecule has 0 aliphatic heterocycles. The lowest BCUT2D eigenvalue weighted by atomic mass is 9.99. The maximum Gasteiger partial charge on any atom is 0.179 e. The molecular weight excluding hydrogens is 1010 g/mol. The van der Waals surface area contributed by atoms with Crippen LogP contribution in [0.25, 0.3) is 116 Å². The van der Waals surface area contributed by atoms with Crippen LogP contribution in [0.5, 0.6) is 0 Å². The van der Waals surface area contributed by atoms with Gasteiger partial charge in [0.2, 0.25) is 0 Å². The second-order valence-electron chi connectivity index (χ2n) is 21.6. The summed E-state index contributed by atoms with van der Waals surface area (Å²) in [6, 6.07) is 120. The van der Waals surface area contributed by atoms with Gasteiger partial charge < -0.3 is 13.7 Å². The zero-order chi connectivity index (χ0) is 54.1. The first-order valence-corrected chi connectivity index (χ1v) is 30.3. The fourth-order valence-corrected chi connectivity index (χ4v) is 18.4. The van der Waals surface area contributed by atoms with E-state index in [2.05, 4.69) is 335 Å². The van der Waals surface area contributed by atoms with E-state index in [1.54, 1.807) is 0 Å². The maximum atomic E-state index is 2.50. The van der Waals surface area contributed by atoms with Crippen molar-refractivity contribution >= 4 is 94.2 Å². The van der Waals surface area contributed by atoms with E-state index in [-0.39, 0.29) is 0 Å². The van der Waals surface area contributed by atoms with Gasteiger partial charge in [-0.3, -0.25) is 0 Å². The summed E-state index contributed by atoms with van der Waals surface area (Å²) in [5.41, 5.74) is 17.5. The van der Waals surface area contributed by atoms with Crippen molar-refractivity contribution < 1.29 is 0 Å². The SMILES string of the molecule is c1ccc(-c2cc(-c3ccccc3)cc([Si](c3ccccc3)(c3ccccc3)c3ccc(-c4cc(-n5c6ccccc6c6ccccc65)cc(-n5c6ccccc6c6c(-n7c8ccccc8c8ccccc87)cccc65)c4)cc3)c2)cc1. The molecule has 3 aromatic heterocycles. The fraction of sp³-hybridized carbons (Fsp3) is 0. The van der Waals surface area contributed by atoms with E-state index in [9.17, 15) is 0 Å². The number of hydrogen-bond acceptors (Lipinski definition) is 0. The van der Waals surface area contributed by atoms with Gasteiger partial charge in [0.15, 0.2) is 8.07 Å². The molecule has 0 amide bonds. The zero-order valence-corrected chi connectivity index (χ0v) is 45.9. The Kier molecular flexibility index (Phi) is 11.2. The van der Waals surface area contributed by atoms with Crippen molar-refractivity contribution in [3.8, 4) is 50.4 Å². The van der Waals surface area contributed by atoms with Crippen molar-refractivity contribution in [2.45, 2.75) is 0 Å². The Morgan fingerprint density at radius 3 is 1.01 bits per heavy atom. The maximum absolute atomic E-state index is 3.06. The summed E-state index contributed by atoms with van der Waals surface area (Å²) in [6.45, 7) is 0. The molecule has 0 bridgehead atoms. The molecule has 82 heavy (non-hydrogen) atoms. The van der Waals surface area contributed by atoms with Crippen LogP contribution < -0.4 is 20.7 Å². The number of aromatic nitrogens is 3. The van der Waals surface area contributed by atoms with Gasteiger partial charge in [0, 0.05) is 43.7 Å². The van der Waals surface area contributed by atoms with E-state index < -0.39 is 8.07 Å². The minimum Gasteiger partial charge on any atom is -0.309 e. The molecule has 3 heterocycles. The van der Waals surface area contributed by atoms with E-state index in [4.69, 9.17) is 0 Å². The van der Waals surface area contributed by atoms with Gasteiger partial charge in [-0.15, -0.1) is 0 Å². The van der Waals surface area contributed by atoms with E-state index in [0.717, 1.165) is 39.2 Å². The number of benzene rings is 13. The van der Waals surface area contributed by atoms with E-state index in [0.29, 0.717) is 0 Å². The van der Waals surface area contributed by atoms with Gasteiger partial charge in [-0.25, -0.2) is 0 Å². The third kappa shape index (κ3) is 7.50. The van der Waals surface area contributed by atoms with Crippen LogP contribution in [-0.2, 0) is 0 Å². The second kappa shape index (κ2) is 19.4. The molecule has 384 valence electrons. The lowest BCUT2D eigenvalue weighted by Crippen LogP contribution is -2.74. The Hall–Kier alpha value is -10.5. The molecule has 0 saturated carbocycles. The smallest absolute Gasteiger partial charge is 0.179 e. The normalized spacial score (nSPS) is 11.9. The molecule has 3 nitrogen and oxygen atoms in total. The lowest BCUT2D eigenvalue weighted by Gasteiger charge is -2.35. The largest absolute Gasteiger partial charge is 0.309 e. The molecule has 0 fully saturated rings. The average molecular weight is 1060 g/mol. The minimum absolute atomic E-state index is 1.09.